The van der Waals surface area contributed by atoms with Gasteiger partial charge in [0.2, 0.25) is 5.91 Å². The van der Waals surface area contributed by atoms with Gasteiger partial charge in [-0.1, -0.05) is 0 Å². The number of nitrogens with one attached hydrogen (secondary N) is 1. The van der Waals surface area contributed by atoms with Crippen LogP contribution in [0.25, 0.3) is 11.1 Å². The van der Waals surface area contributed by atoms with Gasteiger partial charge in [-0.15, -0.1) is 0 Å². The number of fused-ring (bicyclic) bond motifs is 1. The number of carbonyl (C=O) groups excluding carboxylic acids is 1. The molecule has 1 atom stereocenters. The van der Waals surface area contributed by atoms with Crippen LogP contribution in [0.3, 0.4) is 0 Å². The second kappa shape index (κ2) is 8.90. The average molecular weight is 451 g/mol. The Morgan fingerprint density at radius 3 is 2.64 bits per heavy atom. The highest BCUT2D eigenvalue weighted by Gasteiger charge is 2.30. The van der Waals surface area contributed by atoms with E-state index in [9.17, 15) is 9.18 Å². The van der Waals surface area contributed by atoms with E-state index in [0.29, 0.717) is 11.8 Å². The molecule has 0 aliphatic carbocycles. The Balaban J connectivity index is 1.59. The predicted molar refractivity (Wildman–Crippen MR) is 122 cm³/mol. The zero-order valence-corrected chi connectivity index (χ0v) is 18.8. The van der Waals surface area contributed by atoms with E-state index in [1.54, 1.807) is 11.8 Å². The topological polar surface area (TPSA) is 85.2 Å². The first kappa shape index (κ1) is 21.5. The summed E-state index contributed by atoms with van der Waals surface area (Å²) >= 11 is 0. The van der Waals surface area contributed by atoms with Gasteiger partial charge in [0.15, 0.2) is 5.82 Å². The molecule has 1 unspecified atom stereocenters. The summed E-state index contributed by atoms with van der Waals surface area (Å²) in [5.74, 6) is 0.0403. The van der Waals surface area contributed by atoms with E-state index in [1.165, 1.54) is 0 Å². The van der Waals surface area contributed by atoms with Crippen LogP contribution in [0.2, 0.25) is 0 Å². The molecule has 1 saturated heterocycles. The lowest BCUT2D eigenvalue weighted by Gasteiger charge is -2.35. The van der Waals surface area contributed by atoms with Crippen LogP contribution in [0.1, 0.15) is 44.7 Å². The highest BCUT2D eigenvalue weighted by molar-refractivity contribution is 5.95. The zero-order valence-electron chi connectivity index (χ0n) is 18.8. The molecule has 4 heterocycles. The Hall–Kier alpha value is -3.33. The summed E-state index contributed by atoms with van der Waals surface area (Å²) in [6, 6.07) is 4.44. The zero-order chi connectivity index (χ0) is 22.9. The molecule has 0 bridgehead atoms. The molecule has 2 aromatic heterocycles. The van der Waals surface area contributed by atoms with Crippen LogP contribution in [0.15, 0.2) is 36.9 Å². The third-order valence-electron chi connectivity index (χ3n) is 6.47. The molecule has 0 spiro atoms. The molecule has 1 amide bonds. The van der Waals surface area contributed by atoms with E-state index in [-0.39, 0.29) is 18.0 Å². The molecule has 0 saturated carbocycles. The van der Waals surface area contributed by atoms with Crippen molar-refractivity contribution in [2.45, 2.75) is 51.6 Å². The van der Waals surface area contributed by atoms with Crippen molar-refractivity contribution in [2.75, 3.05) is 18.0 Å². The fraction of sp³-hybridized carbons (Fsp3) is 0.417. The lowest BCUT2D eigenvalue weighted by Crippen LogP contribution is -2.40. The standard InChI is InChI=1S/C24H27FN6O2/c1-15-3-4-21-22(31(15)16(2)32)6-5-20(23(21)33-24-27-12-18(25)13-28-24)17-11-29-30(14-17)19-7-9-26-10-8-19/h5-6,11-15,19,26H,3-4,7-10H2,1-2H3. The van der Waals surface area contributed by atoms with Crippen LogP contribution in [0.4, 0.5) is 10.1 Å². The first-order valence-corrected chi connectivity index (χ1v) is 11.4. The molecule has 0 radical (unpaired) electrons. The molecule has 8 nitrogen and oxygen atoms in total. The van der Waals surface area contributed by atoms with Crippen molar-refractivity contribution in [3.8, 4) is 22.9 Å². The van der Waals surface area contributed by atoms with Crippen molar-refractivity contribution in [3.63, 3.8) is 0 Å². The molecule has 1 aromatic carbocycles. The lowest BCUT2D eigenvalue weighted by molar-refractivity contribution is -0.117. The van der Waals surface area contributed by atoms with Crippen LogP contribution in [0.5, 0.6) is 11.8 Å². The summed E-state index contributed by atoms with van der Waals surface area (Å²) < 4.78 is 21.6. The van der Waals surface area contributed by atoms with Crippen LogP contribution >= 0.6 is 0 Å². The van der Waals surface area contributed by atoms with Gasteiger partial charge in [-0.2, -0.15) is 5.10 Å². The number of hydrogen-bond acceptors (Lipinski definition) is 6. The molecule has 3 aromatic rings. The summed E-state index contributed by atoms with van der Waals surface area (Å²) in [5, 5.41) is 8.01. The van der Waals surface area contributed by atoms with Gasteiger partial charge in [0.05, 0.1) is 30.3 Å². The molecule has 5 rings (SSSR count). The van der Waals surface area contributed by atoms with Crippen molar-refractivity contribution in [2.24, 2.45) is 0 Å². The van der Waals surface area contributed by atoms with Gasteiger partial charge in [0, 0.05) is 35.9 Å². The Kier molecular flexibility index (Phi) is 5.80. The van der Waals surface area contributed by atoms with Crippen molar-refractivity contribution >= 4 is 11.6 Å². The van der Waals surface area contributed by atoms with Crippen molar-refractivity contribution in [1.82, 2.24) is 25.1 Å². The van der Waals surface area contributed by atoms with Crippen molar-refractivity contribution < 1.29 is 13.9 Å². The fourth-order valence-corrected chi connectivity index (χ4v) is 4.82. The molecule has 172 valence electrons. The molecule has 2 aliphatic rings. The van der Waals surface area contributed by atoms with E-state index in [0.717, 1.165) is 73.5 Å². The highest BCUT2D eigenvalue weighted by atomic mass is 19.1. The van der Waals surface area contributed by atoms with Gasteiger partial charge >= 0.3 is 6.01 Å². The third-order valence-corrected chi connectivity index (χ3v) is 6.47. The van der Waals surface area contributed by atoms with E-state index in [2.05, 4.69) is 20.4 Å². The van der Waals surface area contributed by atoms with Gasteiger partial charge in [0.1, 0.15) is 5.75 Å². The third kappa shape index (κ3) is 4.20. The Morgan fingerprint density at radius 2 is 1.91 bits per heavy atom. The number of ether oxygens (including phenoxy) is 1. The number of carbonyl (C=O) groups is 1. The smallest absolute Gasteiger partial charge is 0.322 e. The fourth-order valence-electron chi connectivity index (χ4n) is 4.82. The summed E-state index contributed by atoms with van der Waals surface area (Å²) in [6.45, 7) is 5.58. The summed E-state index contributed by atoms with van der Waals surface area (Å²) in [7, 11) is 0. The second-order valence-electron chi connectivity index (χ2n) is 8.69. The van der Waals surface area contributed by atoms with Crippen LogP contribution in [-0.4, -0.2) is 44.8 Å². The van der Waals surface area contributed by atoms with Crippen molar-refractivity contribution in [1.29, 1.82) is 0 Å². The van der Waals surface area contributed by atoms with Crippen LogP contribution in [0, 0.1) is 5.82 Å². The molecular formula is C24H27FN6O2. The quantitative estimate of drug-likeness (QED) is 0.649. The van der Waals surface area contributed by atoms with E-state index < -0.39 is 5.82 Å². The minimum atomic E-state index is -0.530. The minimum Gasteiger partial charge on any atom is -0.423 e. The summed E-state index contributed by atoms with van der Waals surface area (Å²) in [5.41, 5.74) is 3.51. The number of hydrogen-bond donors (Lipinski definition) is 1. The Labute approximate surface area is 191 Å². The average Bonchev–Trinajstić information content (AvgIpc) is 3.31. The number of anilines is 1. The molecular weight excluding hydrogens is 423 g/mol. The summed E-state index contributed by atoms with van der Waals surface area (Å²) in [6.07, 6.45) is 9.67. The number of aromatic nitrogens is 4. The molecule has 2 aliphatic heterocycles. The minimum absolute atomic E-state index is 0.0149. The monoisotopic (exact) mass is 450 g/mol. The van der Waals surface area contributed by atoms with Crippen molar-refractivity contribution in [3.05, 3.63) is 48.3 Å². The lowest BCUT2D eigenvalue weighted by atomic mass is 9.92. The van der Waals surface area contributed by atoms with E-state index in [1.807, 2.05) is 36.1 Å². The Morgan fingerprint density at radius 1 is 1.15 bits per heavy atom. The molecule has 33 heavy (non-hydrogen) atoms. The number of benzene rings is 1. The number of amides is 1. The maximum Gasteiger partial charge on any atom is 0.322 e. The maximum absolute atomic E-state index is 13.4. The number of halogens is 1. The first-order valence-electron chi connectivity index (χ1n) is 11.4. The van der Waals surface area contributed by atoms with Gasteiger partial charge in [-0.3, -0.25) is 9.48 Å². The number of nitrogens with zero attached hydrogens (tertiary/aromatic N) is 5. The van der Waals surface area contributed by atoms with Crippen LogP contribution in [-0.2, 0) is 11.2 Å². The van der Waals surface area contributed by atoms with Gasteiger partial charge in [0.25, 0.3) is 0 Å². The molecule has 1 N–H and O–H groups in total. The van der Waals surface area contributed by atoms with E-state index in [4.69, 9.17) is 4.74 Å². The normalized spacial score (nSPS) is 18.8. The highest BCUT2D eigenvalue weighted by Crippen LogP contribution is 2.44. The largest absolute Gasteiger partial charge is 0.423 e. The predicted octanol–water partition coefficient (Wildman–Crippen LogP) is 3.88. The van der Waals surface area contributed by atoms with Gasteiger partial charge < -0.3 is 15.0 Å². The van der Waals surface area contributed by atoms with E-state index >= 15 is 0 Å². The summed E-state index contributed by atoms with van der Waals surface area (Å²) in [4.78, 5) is 22.2. The Bertz CT molecular complexity index is 1160. The number of rotatable bonds is 4. The van der Waals surface area contributed by atoms with Gasteiger partial charge in [-0.25, -0.2) is 14.4 Å². The second-order valence-corrected chi connectivity index (χ2v) is 8.69. The van der Waals surface area contributed by atoms with Gasteiger partial charge in [-0.05, 0) is 57.8 Å². The number of piperidine rings is 1. The SMILES string of the molecule is CC(=O)N1c2ccc(-c3cnn(C4CCNCC4)c3)c(Oc3ncc(F)cn3)c2CCC1C. The maximum atomic E-state index is 13.4. The molecule has 1 fully saturated rings. The first-order chi connectivity index (χ1) is 16.0. The molecule has 9 heteroatoms. The van der Waals surface area contributed by atoms with Crippen LogP contribution < -0.4 is 15.0 Å².